The predicted molar refractivity (Wildman–Crippen MR) is 84.3 cm³/mol. The van der Waals surface area contributed by atoms with Crippen molar-refractivity contribution >= 4 is 40.8 Å². The van der Waals surface area contributed by atoms with Gasteiger partial charge in [-0.3, -0.25) is 4.79 Å². The fourth-order valence-corrected chi connectivity index (χ4v) is 2.15. The Bertz CT molecular complexity index is 699. The lowest BCUT2D eigenvalue weighted by Gasteiger charge is -2.10. The molecule has 114 valence electrons. The van der Waals surface area contributed by atoms with Crippen molar-refractivity contribution in [3.05, 3.63) is 57.8 Å². The zero-order chi connectivity index (χ0) is 16.1. The maximum absolute atomic E-state index is 11.8. The predicted octanol–water partition coefficient (Wildman–Crippen LogP) is 3.49. The maximum atomic E-state index is 11.8. The molecule has 1 aromatic carbocycles. The normalized spacial score (nSPS) is 10.1. The number of hydrogen-bond acceptors (Lipinski definition) is 4. The van der Waals surface area contributed by atoms with E-state index >= 15 is 0 Å². The van der Waals surface area contributed by atoms with Crippen LogP contribution in [0.15, 0.2) is 36.5 Å². The molecule has 7 heteroatoms. The quantitative estimate of drug-likeness (QED) is 0.684. The number of para-hydroxylation sites is 1. The van der Waals surface area contributed by atoms with E-state index in [1.807, 2.05) is 13.0 Å². The molecule has 1 aromatic heterocycles. The van der Waals surface area contributed by atoms with E-state index < -0.39 is 18.5 Å². The second-order valence-electron chi connectivity index (χ2n) is 4.42. The second-order valence-corrected chi connectivity index (χ2v) is 5.22. The third kappa shape index (κ3) is 4.19. The van der Waals surface area contributed by atoms with E-state index in [9.17, 15) is 9.59 Å². The van der Waals surface area contributed by atoms with E-state index in [0.29, 0.717) is 10.7 Å². The van der Waals surface area contributed by atoms with Gasteiger partial charge in [0.25, 0.3) is 5.91 Å². The number of amides is 1. The minimum absolute atomic E-state index is 0.172. The van der Waals surface area contributed by atoms with Gasteiger partial charge in [0.1, 0.15) is 5.15 Å². The van der Waals surface area contributed by atoms with E-state index in [4.69, 9.17) is 27.9 Å². The first kappa shape index (κ1) is 16.3. The number of aromatic nitrogens is 1. The van der Waals surface area contributed by atoms with Gasteiger partial charge in [0.15, 0.2) is 6.61 Å². The molecule has 2 rings (SSSR count). The van der Waals surface area contributed by atoms with Crippen molar-refractivity contribution in [3.63, 3.8) is 0 Å². The number of aryl methyl sites for hydroxylation is 1. The van der Waals surface area contributed by atoms with Crippen LogP contribution in [0.5, 0.6) is 0 Å². The minimum atomic E-state index is -0.657. The molecule has 22 heavy (non-hydrogen) atoms. The molecule has 0 atom stereocenters. The summed E-state index contributed by atoms with van der Waals surface area (Å²) in [6.45, 7) is 1.38. The van der Waals surface area contributed by atoms with Crippen LogP contribution in [-0.4, -0.2) is 23.5 Å². The van der Waals surface area contributed by atoms with Gasteiger partial charge >= 0.3 is 5.97 Å². The Kier molecular flexibility index (Phi) is 5.35. The third-order valence-electron chi connectivity index (χ3n) is 2.78. The van der Waals surface area contributed by atoms with Gasteiger partial charge in [0.05, 0.1) is 16.3 Å². The largest absolute Gasteiger partial charge is 0.452 e. The van der Waals surface area contributed by atoms with Crippen LogP contribution in [0.2, 0.25) is 10.2 Å². The molecule has 1 amide bonds. The van der Waals surface area contributed by atoms with Crippen molar-refractivity contribution in [1.82, 2.24) is 4.98 Å². The third-order valence-corrected chi connectivity index (χ3v) is 3.30. The van der Waals surface area contributed by atoms with Crippen molar-refractivity contribution in [3.8, 4) is 0 Å². The van der Waals surface area contributed by atoms with Crippen LogP contribution in [0.1, 0.15) is 15.9 Å². The number of hydrogen-bond donors (Lipinski definition) is 1. The van der Waals surface area contributed by atoms with Crippen LogP contribution in [0.25, 0.3) is 0 Å². The summed E-state index contributed by atoms with van der Waals surface area (Å²) in [4.78, 5) is 27.4. The van der Waals surface area contributed by atoms with Crippen molar-refractivity contribution in [2.24, 2.45) is 0 Å². The van der Waals surface area contributed by atoms with Crippen LogP contribution in [0.4, 0.5) is 5.69 Å². The van der Waals surface area contributed by atoms with Gasteiger partial charge in [0.2, 0.25) is 0 Å². The van der Waals surface area contributed by atoms with Crippen LogP contribution >= 0.6 is 23.2 Å². The number of anilines is 1. The van der Waals surface area contributed by atoms with E-state index in [1.165, 1.54) is 18.3 Å². The number of benzene rings is 1. The first-order chi connectivity index (χ1) is 10.5. The molecule has 5 nitrogen and oxygen atoms in total. The zero-order valence-corrected chi connectivity index (χ0v) is 13.1. The average molecular weight is 339 g/mol. The number of nitrogens with zero attached hydrogens (tertiary/aromatic N) is 1. The molecular formula is C15H12Cl2N2O3. The molecule has 1 N–H and O–H groups in total. The highest BCUT2D eigenvalue weighted by atomic mass is 35.5. The number of carbonyl (C=O) groups is 2. The Hall–Kier alpha value is -2.11. The van der Waals surface area contributed by atoms with Gasteiger partial charge in [-0.15, -0.1) is 0 Å². The molecule has 0 saturated carbocycles. The lowest BCUT2D eigenvalue weighted by molar-refractivity contribution is -0.119. The van der Waals surface area contributed by atoms with E-state index in [2.05, 4.69) is 10.3 Å². The Morgan fingerprint density at radius 1 is 1.27 bits per heavy atom. The highest BCUT2D eigenvalue weighted by Crippen LogP contribution is 2.25. The average Bonchev–Trinajstić information content (AvgIpc) is 2.48. The van der Waals surface area contributed by atoms with E-state index in [0.717, 1.165) is 5.56 Å². The number of esters is 1. The molecule has 0 aliphatic carbocycles. The first-order valence-electron chi connectivity index (χ1n) is 6.31. The molecule has 0 fully saturated rings. The van der Waals surface area contributed by atoms with Gasteiger partial charge in [-0.2, -0.15) is 0 Å². The summed E-state index contributed by atoms with van der Waals surface area (Å²) in [7, 11) is 0. The first-order valence-corrected chi connectivity index (χ1v) is 7.06. The molecule has 1 heterocycles. The van der Waals surface area contributed by atoms with Gasteiger partial charge in [-0.1, -0.05) is 35.3 Å². The number of halogens is 2. The number of nitrogens with one attached hydrogen (secondary N) is 1. The van der Waals surface area contributed by atoms with Crippen LogP contribution in [-0.2, 0) is 9.53 Å². The Morgan fingerprint density at radius 2 is 2.05 bits per heavy atom. The Balaban J connectivity index is 1.94. The summed E-state index contributed by atoms with van der Waals surface area (Å²) in [6, 6.07) is 8.06. The molecule has 2 aromatic rings. The highest BCUT2D eigenvalue weighted by molar-refractivity contribution is 6.34. The fraction of sp³-hybridized carbons (Fsp3) is 0.133. The lowest BCUT2D eigenvalue weighted by Crippen LogP contribution is -2.21. The monoisotopic (exact) mass is 338 g/mol. The maximum Gasteiger partial charge on any atom is 0.338 e. The molecule has 0 aliphatic heterocycles. The second kappa shape index (κ2) is 7.24. The molecule has 0 bridgehead atoms. The van der Waals surface area contributed by atoms with Crippen LogP contribution in [0, 0.1) is 6.92 Å². The van der Waals surface area contributed by atoms with Crippen molar-refractivity contribution in [1.29, 1.82) is 0 Å². The summed E-state index contributed by atoms with van der Waals surface area (Å²) in [5.41, 5.74) is 1.53. The number of carbonyl (C=O) groups excluding carboxylic acids is 2. The SMILES string of the molecule is Cc1cccc(Cl)c1NC(=O)COC(=O)c1ccnc(Cl)c1. The summed E-state index contributed by atoms with van der Waals surface area (Å²) in [5.74, 6) is -1.14. The molecule has 0 aliphatic rings. The van der Waals surface area contributed by atoms with Gasteiger partial charge in [-0.05, 0) is 30.7 Å². The number of rotatable bonds is 4. The van der Waals surface area contributed by atoms with Crippen molar-refractivity contribution in [2.75, 3.05) is 11.9 Å². The van der Waals surface area contributed by atoms with Crippen molar-refractivity contribution in [2.45, 2.75) is 6.92 Å². The Morgan fingerprint density at radius 3 is 2.73 bits per heavy atom. The number of ether oxygens (including phenoxy) is 1. The number of pyridine rings is 1. The molecular weight excluding hydrogens is 327 g/mol. The highest BCUT2D eigenvalue weighted by Gasteiger charge is 2.13. The summed E-state index contributed by atoms with van der Waals surface area (Å²) in [6.07, 6.45) is 1.38. The van der Waals surface area contributed by atoms with Crippen LogP contribution < -0.4 is 5.32 Å². The lowest BCUT2D eigenvalue weighted by atomic mass is 10.2. The summed E-state index contributed by atoms with van der Waals surface area (Å²) >= 11 is 11.7. The topological polar surface area (TPSA) is 68.3 Å². The Labute approximate surface area is 137 Å². The van der Waals surface area contributed by atoms with Gasteiger partial charge in [0, 0.05) is 6.20 Å². The summed E-state index contributed by atoms with van der Waals surface area (Å²) in [5, 5.41) is 3.20. The molecule has 0 radical (unpaired) electrons. The molecule has 0 saturated heterocycles. The molecule has 0 unspecified atom stereocenters. The summed E-state index contributed by atoms with van der Waals surface area (Å²) < 4.78 is 4.92. The minimum Gasteiger partial charge on any atom is -0.452 e. The van der Waals surface area contributed by atoms with Gasteiger partial charge in [-0.25, -0.2) is 9.78 Å². The zero-order valence-electron chi connectivity index (χ0n) is 11.6. The smallest absolute Gasteiger partial charge is 0.338 e. The molecule has 0 spiro atoms. The fourth-order valence-electron chi connectivity index (χ4n) is 1.71. The van der Waals surface area contributed by atoms with Crippen LogP contribution in [0.3, 0.4) is 0 Å². The van der Waals surface area contributed by atoms with E-state index in [-0.39, 0.29) is 10.7 Å². The van der Waals surface area contributed by atoms with E-state index in [1.54, 1.807) is 12.1 Å². The van der Waals surface area contributed by atoms with Gasteiger partial charge < -0.3 is 10.1 Å². The van der Waals surface area contributed by atoms with Crippen molar-refractivity contribution < 1.29 is 14.3 Å². The standard InChI is InChI=1S/C15H12Cl2N2O3/c1-9-3-2-4-11(16)14(9)19-13(20)8-22-15(21)10-5-6-18-12(17)7-10/h2-7H,8H2,1H3,(H,19,20).